The van der Waals surface area contributed by atoms with Gasteiger partial charge in [-0.15, -0.1) is 0 Å². The van der Waals surface area contributed by atoms with Gasteiger partial charge in [0.15, 0.2) is 11.5 Å². The van der Waals surface area contributed by atoms with E-state index in [4.69, 9.17) is 14.2 Å². The first-order valence-corrected chi connectivity index (χ1v) is 10.2. The molecule has 0 atom stereocenters. The van der Waals surface area contributed by atoms with Crippen LogP contribution in [-0.2, 0) is 14.8 Å². The molecule has 1 aliphatic rings. The van der Waals surface area contributed by atoms with Crippen molar-refractivity contribution in [3.8, 4) is 11.5 Å². The highest BCUT2D eigenvalue weighted by atomic mass is 32.2. The summed E-state index contributed by atoms with van der Waals surface area (Å²) in [6.45, 7) is 3.19. The number of hydrogen-bond donors (Lipinski definition) is 1. The second kappa shape index (κ2) is 8.30. The van der Waals surface area contributed by atoms with Crippen molar-refractivity contribution in [2.45, 2.75) is 24.7 Å². The number of rotatable bonds is 7. The van der Waals surface area contributed by atoms with Crippen molar-refractivity contribution in [1.82, 2.24) is 0 Å². The molecule has 1 aliphatic heterocycles. The van der Waals surface area contributed by atoms with Gasteiger partial charge in [0.25, 0.3) is 10.0 Å². The van der Waals surface area contributed by atoms with Crippen LogP contribution >= 0.6 is 0 Å². The van der Waals surface area contributed by atoms with Gasteiger partial charge in [0.1, 0.15) is 13.2 Å². The summed E-state index contributed by atoms with van der Waals surface area (Å²) in [6.07, 6.45) is 1.74. The van der Waals surface area contributed by atoms with Gasteiger partial charge in [0.2, 0.25) is 0 Å². The molecular weight excluding hydrogens is 370 g/mol. The van der Waals surface area contributed by atoms with Gasteiger partial charge in [-0.05, 0) is 42.8 Å². The molecule has 8 heteroatoms. The lowest BCUT2D eigenvalue weighted by molar-refractivity contribution is 0.0500. The lowest BCUT2D eigenvalue weighted by Crippen LogP contribution is -2.17. The maximum atomic E-state index is 12.6. The van der Waals surface area contributed by atoms with Gasteiger partial charge in [-0.2, -0.15) is 0 Å². The van der Waals surface area contributed by atoms with Crippen molar-refractivity contribution in [3.05, 3.63) is 48.0 Å². The summed E-state index contributed by atoms with van der Waals surface area (Å²) in [5, 5.41) is 0. The molecule has 0 fully saturated rings. The minimum atomic E-state index is -3.80. The van der Waals surface area contributed by atoms with Crippen LogP contribution in [0.4, 0.5) is 5.69 Å². The van der Waals surface area contributed by atoms with Crippen LogP contribution in [0.5, 0.6) is 11.5 Å². The first kappa shape index (κ1) is 19.0. The number of ether oxygens (including phenoxy) is 3. The monoisotopic (exact) mass is 391 g/mol. The number of carbonyl (C=O) groups excluding carboxylic acids is 1. The minimum absolute atomic E-state index is 0.0646. The molecule has 0 saturated heterocycles. The molecule has 0 unspecified atom stereocenters. The number of fused-ring (bicyclic) bond motifs is 1. The molecule has 1 N–H and O–H groups in total. The smallest absolute Gasteiger partial charge is 0.338 e. The van der Waals surface area contributed by atoms with E-state index in [1.165, 1.54) is 36.4 Å². The predicted octanol–water partition coefficient (Wildman–Crippen LogP) is 3.22. The predicted molar refractivity (Wildman–Crippen MR) is 99.9 cm³/mol. The average molecular weight is 391 g/mol. The lowest BCUT2D eigenvalue weighted by Gasteiger charge is -2.19. The maximum absolute atomic E-state index is 12.6. The fourth-order valence-corrected chi connectivity index (χ4v) is 3.55. The molecule has 1 heterocycles. The molecule has 0 aliphatic carbocycles. The molecule has 2 aromatic rings. The molecule has 144 valence electrons. The Kier molecular flexibility index (Phi) is 5.85. The Morgan fingerprint density at radius 3 is 2.48 bits per heavy atom. The van der Waals surface area contributed by atoms with Crippen LogP contribution < -0.4 is 14.2 Å². The number of nitrogens with one attached hydrogen (secondary N) is 1. The summed E-state index contributed by atoms with van der Waals surface area (Å²) in [5.74, 6) is 0.491. The number of hydrogen-bond acceptors (Lipinski definition) is 6. The maximum Gasteiger partial charge on any atom is 0.338 e. The molecule has 0 radical (unpaired) electrons. The van der Waals surface area contributed by atoms with Crippen molar-refractivity contribution in [1.29, 1.82) is 0 Å². The van der Waals surface area contributed by atoms with Crippen LogP contribution in [0.2, 0.25) is 0 Å². The quantitative estimate of drug-likeness (QED) is 0.576. The molecule has 0 amide bonds. The molecule has 3 rings (SSSR count). The van der Waals surface area contributed by atoms with Gasteiger partial charge >= 0.3 is 5.97 Å². The third-order valence-electron chi connectivity index (χ3n) is 3.93. The van der Waals surface area contributed by atoms with Gasteiger partial charge in [-0.25, -0.2) is 13.2 Å². The third-order valence-corrected chi connectivity index (χ3v) is 5.31. The molecule has 0 spiro atoms. The van der Waals surface area contributed by atoms with Gasteiger partial charge < -0.3 is 14.2 Å². The van der Waals surface area contributed by atoms with E-state index < -0.39 is 16.0 Å². The van der Waals surface area contributed by atoms with E-state index in [1.54, 1.807) is 6.07 Å². The number of anilines is 1. The minimum Gasteiger partial charge on any atom is -0.486 e. The van der Waals surface area contributed by atoms with E-state index in [0.717, 1.165) is 12.8 Å². The normalized spacial score (nSPS) is 13.1. The van der Waals surface area contributed by atoms with Crippen molar-refractivity contribution in [3.63, 3.8) is 0 Å². The Hall–Kier alpha value is -2.74. The fraction of sp³-hybridized carbons (Fsp3) is 0.316. The fourth-order valence-electron chi connectivity index (χ4n) is 2.47. The Balaban J connectivity index is 1.69. The summed E-state index contributed by atoms with van der Waals surface area (Å²) in [5.41, 5.74) is 0.711. The van der Waals surface area contributed by atoms with Crippen molar-refractivity contribution in [2.75, 3.05) is 24.5 Å². The van der Waals surface area contributed by atoms with Crippen molar-refractivity contribution >= 4 is 21.7 Å². The van der Waals surface area contributed by atoms with Gasteiger partial charge in [0.05, 0.1) is 17.1 Å². The Labute approximate surface area is 158 Å². The Morgan fingerprint density at radius 2 is 1.78 bits per heavy atom. The number of benzene rings is 2. The third kappa shape index (κ3) is 4.71. The molecule has 27 heavy (non-hydrogen) atoms. The SMILES string of the molecule is CCCCOC(=O)c1ccc(NS(=O)(=O)c2ccc3c(c2)OCCO3)cc1. The second-order valence-electron chi connectivity index (χ2n) is 5.98. The Morgan fingerprint density at radius 1 is 1.07 bits per heavy atom. The standard InChI is InChI=1S/C19H21NO6S/c1-2-3-10-26-19(21)14-4-6-15(7-5-14)20-27(22,23)16-8-9-17-18(13-16)25-12-11-24-17/h4-9,13,20H,2-3,10-12H2,1H3. The van der Waals surface area contributed by atoms with E-state index in [0.29, 0.717) is 42.6 Å². The van der Waals surface area contributed by atoms with Crippen LogP contribution in [-0.4, -0.2) is 34.2 Å². The highest BCUT2D eigenvalue weighted by Crippen LogP contribution is 2.32. The number of unbranched alkanes of at least 4 members (excludes halogenated alkanes) is 1. The van der Waals surface area contributed by atoms with Crippen molar-refractivity contribution < 1.29 is 27.4 Å². The zero-order chi connectivity index (χ0) is 19.3. The first-order valence-electron chi connectivity index (χ1n) is 8.69. The molecule has 7 nitrogen and oxygen atoms in total. The molecule has 0 saturated carbocycles. The summed E-state index contributed by atoms with van der Waals surface area (Å²) in [4.78, 5) is 12.0. The van der Waals surface area contributed by atoms with Crippen LogP contribution in [0.1, 0.15) is 30.1 Å². The number of carbonyl (C=O) groups is 1. The van der Waals surface area contributed by atoms with Gasteiger partial charge in [-0.3, -0.25) is 4.72 Å². The van der Waals surface area contributed by atoms with Gasteiger partial charge in [0, 0.05) is 11.8 Å². The van der Waals surface area contributed by atoms with Crippen LogP contribution in [0.15, 0.2) is 47.4 Å². The van der Waals surface area contributed by atoms with E-state index in [-0.39, 0.29) is 4.90 Å². The van der Waals surface area contributed by atoms with Crippen molar-refractivity contribution in [2.24, 2.45) is 0 Å². The van der Waals surface area contributed by atoms with Crippen LogP contribution in [0, 0.1) is 0 Å². The molecular formula is C19H21NO6S. The van der Waals surface area contributed by atoms with E-state index in [9.17, 15) is 13.2 Å². The average Bonchev–Trinajstić information content (AvgIpc) is 2.68. The summed E-state index contributed by atoms with van der Waals surface area (Å²) >= 11 is 0. The van der Waals surface area contributed by atoms with Crippen LogP contribution in [0.25, 0.3) is 0 Å². The molecule has 0 aromatic heterocycles. The lowest BCUT2D eigenvalue weighted by atomic mass is 10.2. The second-order valence-corrected chi connectivity index (χ2v) is 7.66. The van der Waals surface area contributed by atoms with E-state index >= 15 is 0 Å². The van der Waals surface area contributed by atoms with Gasteiger partial charge in [-0.1, -0.05) is 13.3 Å². The van der Waals surface area contributed by atoms with E-state index in [1.807, 2.05) is 6.92 Å². The first-order chi connectivity index (χ1) is 13.0. The number of sulfonamides is 1. The summed E-state index contributed by atoms with van der Waals surface area (Å²) in [7, 11) is -3.80. The van der Waals surface area contributed by atoms with Crippen LogP contribution in [0.3, 0.4) is 0 Å². The Bertz CT molecular complexity index is 908. The highest BCUT2D eigenvalue weighted by molar-refractivity contribution is 7.92. The zero-order valence-corrected chi connectivity index (χ0v) is 15.8. The van der Waals surface area contributed by atoms with E-state index in [2.05, 4.69) is 4.72 Å². The number of esters is 1. The molecule has 2 aromatic carbocycles. The summed E-state index contributed by atoms with van der Waals surface area (Å²) in [6, 6.07) is 10.5. The molecule has 0 bridgehead atoms. The zero-order valence-electron chi connectivity index (χ0n) is 14.9. The largest absolute Gasteiger partial charge is 0.486 e. The highest BCUT2D eigenvalue weighted by Gasteiger charge is 2.19. The summed E-state index contributed by atoms with van der Waals surface area (Å²) < 4.78 is 43.6. The topological polar surface area (TPSA) is 90.9 Å².